The highest BCUT2D eigenvalue weighted by Crippen LogP contribution is 2.31. The van der Waals surface area contributed by atoms with Crippen molar-refractivity contribution in [2.75, 3.05) is 5.88 Å². The van der Waals surface area contributed by atoms with E-state index in [1.807, 2.05) is 0 Å². The Morgan fingerprint density at radius 1 is 1.08 bits per heavy atom. The number of nitrogens with zero attached hydrogens (tertiary/aromatic N) is 2. The van der Waals surface area contributed by atoms with Crippen molar-refractivity contribution in [3.8, 4) is 11.3 Å². The zero-order valence-electron chi connectivity index (χ0n) is 13.1. The number of rotatable bonds is 4. The number of hydrogen-bond acceptors (Lipinski definition) is 2. The zero-order chi connectivity index (χ0) is 18.0. The predicted molar refractivity (Wildman–Crippen MR) is 91.8 cm³/mol. The lowest BCUT2D eigenvalue weighted by Crippen LogP contribution is -2.17. The molecule has 130 valence electrons. The minimum absolute atomic E-state index is 0.000581. The minimum atomic E-state index is -4.48. The van der Waals surface area contributed by atoms with Gasteiger partial charge in [0, 0.05) is 23.4 Å². The molecule has 0 spiro atoms. The molecule has 0 radical (unpaired) electrons. The summed E-state index contributed by atoms with van der Waals surface area (Å²) in [4.78, 5) is 12.7. The maximum Gasteiger partial charge on any atom is 0.416 e. The van der Waals surface area contributed by atoms with Gasteiger partial charge in [-0.3, -0.25) is 9.48 Å². The average Bonchev–Trinajstić information content (AvgIpc) is 2.61. The maximum atomic E-state index is 13.0. The van der Waals surface area contributed by atoms with E-state index in [1.54, 1.807) is 28.9 Å². The molecule has 0 aliphatic heterocycles. The highest BCUT2D eigenvalue weighted by Gasteiger charge is 2.30. The van der Waals surface area contributed by atoms with Gasteiger partial charge in [-0.25, -0.2) is 0 Å². The summed E-state index contributed by atoms with van der Waals surface area (Å²) in [5, 5.41) is 4.73. The molecule has 7 heteroatoms. The number of para-hydroxylation sites is 1. The van der Waals surface area contributed by atoms with E-state index in [2.05, 4.69) is 5.10 Å². The van der Waals surface area contributed by atoms with E-state index < -0.39 is 17.2 Å². The fraction of sp³-hybridized carbons (Fsp3) is 0.222. The molecule has 3 nitrogen and oxygen atoms in total. The molecule has 0 aliphatic rings. The molecular formula is C18H14ClF3N2O. The van der Waals surface area contributed by atoms with Crippen LogP contribution >= 0.6 is 11.6 Å². The van der Waals surface area contributed by atoms with E-state index in [0.29, 0.717) is 29.7 Å². The van der Waals surface area contributed by atoms with Crippen molar-refractivity contribution in [2.45, 2.75) is 19.1 Å². The second-order valence-corrected chi connectivity index (χ2v) is 5.92. The number of aromatic nitrogens is 2. The van der Waals surface area contributed by atoms with Gasteiger partial charge in [0.15, 0.2) is 0 Å². The summed E-state index contributed by atoms with van der Waals surface area (Å²) >= 11 is 5.73. The Morgan fingerprint density at radius 2 is 1.84 bits per heavy atom. The Hall–Kier alpha value is -2.34. The van der Waals surface area contributed by atoms with Crippen LogP contribution < -0.4 is 5.43 Å². The molecule has 1 aromatic heterocycles. The van der Waals surface area contributed by atoms with Gasteiger partial charge in [-0.2, -0.15) is 18.3 Å². The largest absolute Gasteiger partial charge is 0.416 e. The van der Waals surface area contributed by atoms with Crippen LogP contribution in [0.2, 0.25) is 0 Å². The van der Waals surface area contributed by atoms with Crippen molar-refractivity contribution >= 4 is 22.5 Å². The van der Waals surface area contributed by atoms with E-state index in [1.165, 1.54) is 12.1 Å². The lowest BCUT2D eigenvalue weighted by atomic mass is 10.1. The first-order chi connectivity index (χ1) is 11.9. The Morgan fingerprint density at radius 3 is 2.56 bits per heavy atom. The summed E-state index contributed by atoms with van der Waals surface area (Å²) in [5.74, 6) is 0.418. The van der Waals surface area contributed by atoms with Crippen LogP contribution in [0.5, 0.6) is 0 Å². The number of alkyl halides is 4. The molecule has 25 heavy (non-hydrogen) atoms. The Balaban J connectivity index is 2.23. The molecule has 0 N–H and O–H groups in total. The van der Waals surface area contributed by atoms with Crippen LogP contribution in [0.4, 0.5) is 13.2 Å². The molecule has 2 aromatic carbocycles. The van der Waals surface area contributed by atoms with Gasteiger partial charge in [0.2, 0.25) is 5.43 Å². The van der Waals surface area contributed by atoms with E-state index in [-0.39, 0.29) is 11.3 Å². The first-order valence-corrected chi connectivity index (χ1v) is 8.19. The Kier molecular flexibility index (Phi) is 4.81. The van der Waals surface area contributed by atoms with Gasteiger partial charge < -0.3 is 0 Å². The summed E-state index contributed by atoms with van der Waals surface area (Å²) in [6.45, 7) is 0.469. The topological polar surface area (TPSA) is 34.9 Å². The third-order valence-corrected chi connectivity index (χ3v) is 4.10. The van der Waals surface area contributed by atoms with Crippen LogP contribution in [0.3, 0.4) is 0 Å². The SMILES string of the molecule is O=c1c(-c2cccc(C(F)(F)F)c2)nn(CCCCl)c2ccccc12. The number of aryl methyl sites for hydroxylation is 1. The fourth-order valence-corrected chi connectivity index (χ4v) is 2.77. The molecule has 0 bridgehead atoms. The molecule has 3 rings (SSSR count). The number of fused-ring (bicyclic) bond motifs is 1. The van der Waals surface area contributed by atoms with Gasteiger partial charge in [-0.15, -0.1) is 11.6 Å². The first kappa shape index (κ1) is 17.5. The maximum absolute atomic E-state index is 13.0. The quantitative estimate of drug-likeness (QED) is 0.627. The number of hydrogen-bond donors (Lipinski definition) is 0. The minimum Gasteiger partial charge on any atom is -0.287 e. The molecule has 0 saturated heterocycles. The lowest BCUT2D eigenvalue weighted by Gasteiger charge is -2.13. The van der Waals surface area contributed by atoms with E-state index in [4.69, 9.17) is 11.6 Å². The van der Waals surface area contributed by atoms with Crippen molar-refractivity contribution < 1.29 is 13.2 Å². The summed E-state index contributed by atoms with van der Waals surface area (Å²) in [6.07, 6.45) is -3.85. The van der Waals surface area contributed by atoms with Crippen molar-refractivity contribution in [3.63, 3.8) is 0 Å². The average molecular weight is 367 g/mol. The Bertz CT molecular complexity index is 966. The monoisotopic (exact) mass is 366 g/mol. The predicted octanol–water partition coefficient (Wildman–Crippen LogP) is 4.71. The second kappa shape index (κ2) is 6.88. The van der Waals surface area contributed by atoms with Gasteiger partial charge in [0.05, 0.1) is 11.1 Å². The van der Waals surface area contributed by atoms with Crippen molar-refractivity contribution in [1.29, 1.82) is 0 Å². The molecule has 1 heterocycles. The lowest BCUT2D eigenvalue weighted by molar-refractivity contribution is -0.137. The fourth-order valence-electron chi connectivity index (χ4n) is 2.65. The van der Waals surface area contributed by atoms with Gasteiger partial charge >= 0.3 is 6.18 Å². The van der Waals surface area contributed by atoms with Crippen LogP contribution in [0.25, 0.3) is 22.2 Å². The standard InChI is InChI=1S/C18H14ClF3N2O/c19-9-4-10-24-15-8-2-1-7-14(15)17(25)16(23-24)12-5-3-6-13(11-12)18(20,21)22/h1-3,5-8,11H,4,9-10H2. The zero-order valence-corrected chi connectivity index (χ0v) is 13.8. The van der Waals surface area contributed by atoms with Crippen LogP contribution in [-0.4, -0.2) is 15.7 Å². The van der Waals surface area contributed by atoms with Crippen molar-refractivity contribution in [3.05, 3.63) is 64.3 Å². The number of halogens is 4. The van der Waals surface area contributed by atoms with Crippen LogP contribution in [-0.2, 0) is 12.7 Å². The van der Waals surface area contributed by atoms with E-state index in [0.717, 1.165) is 12.1 Å². The van der Waals surface area contributed by atoms with Gasteiger partial charge in [0.1, 0.15) is 5.69 Å². The van der Waals surface area contributed by atoms with E-state index in [9.17, 15) is 18.0 Å². The third-order valence-electron chi connectivity index (χ3n) is 3.83. The third kappa shape index (κ3) is 3.54. The highest BCUT2D eigenvalue weighted by molar-refractivity contribution is 6.17. The summed E-state index contributed by atoms with van der Waals surface area (Å²) in [7, 11) is 0. The van der Waals surface area contributed by atoms with Crippen LogP contribution in [0.1, 0.15) is 12.0 Å². The van der Waals surface area contributed by atoms with Crippen molar-refractivity contribution in [1.82, 2.24) is 9.78 Å². The van der Waals surface area contributed by atoms with Gasteiger partial charge in [-0.1, -0.05) is 24.3 Å². The molecule has 0 unspecified atom stereocenters. The highest BCUT2D eigenvalue weighted by atomic mass is 35.5. The Labute approximate surface area is 146 Å². The molecule has 0 aliphatic carbocycles. The first-order valence-electron chi connectivity index (χ1n) is 7.65. The molecule has 0 amide bonds. The molecular weight excluding hydrogens is 353 g/mol. The smallest absolute Gasteiger partial charge is 0.287 e. The molecule has 3 aromatic rings. The van der Waals surface area contributed by atoms with Gasteiger partial charge in [0.25, 0.3) is 0 Å². The summed E-state index contributed by atoms with van der Waals surface area (Å²) in [5.41, 5.74) is -0.429. The number of benzene rings is 2. The van der Waals surface area contributed by atoms with Crippen molar-refractivity contribution in [2.24, 2.45) is 0 Å². The normalized spacial score (nSPS) is 11.8. The molecule has 0 fully saturated rings. The van der Waals surface area contributed by atoms with Gasteiger partial charge in [-0.05, 0) is 30.7 Å². The molecule has 0 saturated carbocycles. The molecule has 0 atom stereocenters. The van der Waals surface area contributed by atoms with Crippen LogP contribution in [0.15, 0.2) is 53.3 Å². The summed E-state index contributed by atoms with van der Waals surface area (Å²) in [6, 6.07) is 11.6. The summed E-state index contributed by atoms with van der Waals surface area (Å²) < 4.78 is 40.5. The second-order valence-electron chi connectivity index (χ2n) is 5.54. The van der Waals surface area contributed by atoms with Crippen LogP contribution in [0, 0.1) is 0 Å². The van der Waals surface area contributed by atoms with E-state index >= 15 is 0 Å².